The molecule has 4 heteroatoms. The minimum Gasteiger partial charge on any atom is -0.342 e. The molecule has 0 radical (unpaired) electrons. The predicted octanol–water partition coefficient (Wildman–Crippen LogP) is 5.08. The van der Waals surface area contributed by atoms with Gasteiger partial charge >= 0.3 is 0 Å². The number of nitrogens with zero attached hydrogens (tertiary/aromatic N) is 2. The molecule has 1 aromatic carbocycles. The number of pyridine rings is 1. The first-order valence-electron chi connectivity index (χ1n) is 8.22. The lowest BCUT2D eigenvalue weighted by Gasteiger charge is -2.00. The van der Waals surface area contributed by atoms with Crippen LogP contribution in [-0.2, 0) is 6.42 Å². The molecule has 0 spiro atoms. The molecule has 3 nitrogen and oxygen atoms in total. The molecule has 3 aromatic rings. The van der Waals surface area contributed by atoms with Crippen molar-refractivity contribution in [1.29, 1.82) is 0 Å². The van der Waals surface area contributed by atoms with Crippen LogP contribution < -0.4 is 0 Å². The highest BCUT2D eigenvalue weighted by Gasteiger charge is 2.05. The molecular formula is C19H23N3S. The van der Waals surface area contributed by atoms with Gasteiger partial charge in [-0.05, 0) is 67.8 Å². The van der Waals surface area contributed by atoms with Gasteiger partial charge in [-0.1, -0.05) is 12.5 Å². The molecule has 0 atom stereocenters. The fourth-order valence-corrected chi connectivity index (χ4v) is 3.49. The third-order valence-corrected chi connectivity index (χ3v) is 5.12. The maximum absolute atomic E-state index is 4.71. The number of unbranched alkanes of at least 4 members (excludes halogenated alkanes) is 2. The van der Waals surface area contributed by atoms with Gasteiger partial charge in [0.2, 0.25) is 0 Å². The highest BCUT2D eigenvalue weighted by Crippen LogP contribution is 2.19. The smallest absolute Gasteiger partial charge is 0.107 e. The van der Waals surface area contributed by atoms with Crippen LogP contribution in [0.4, 0.5) is 0 Å². The lowest BCUT2D eigenvalue weighted by molar-refractivity contribution is 0.704. The molecule has 0 aliphatic heterocycles. The van der Waals surface area contributed by atoms with Gasteiger partial charge in [-0.25, -0.2) is 9.97 Å². The third-order valence-electron chi connectivity index (χ3n) is 4.09. The lowest BCUT2D eigenvalue weighted by atomic mass is 10.1. The number of hydrogen-bond acceptors (Lipinski definition) is 3. The number of nitrogens with one attached hydrogen (secondary N) is 1. The van der Waals surface area contributed by atoms with Crippen LogP contribution in [0.15, 0.2) is 41.6 Å². The standard InChI is InChI=1S/C19H23N3S/c1-14-12-16-17(13-15(14)2)22-18(21-16)8-4-3-7-11-23-19-9-5-6-10-20-19/h5-6,9-10,12-13H,3-4,7-8,11H2,1-2H3,(H,21,22). The van der Waals surface area contributed by atoms with Gasteiger partial charge in [-0.3, -0.25) is 0 Å². The van der Waals surface area contributed by atoms with E-state index in [-0.39, 0.29) is 0 Å². The van der Waals surface area contributed by atoms with Crippen LogP contribution >= 0.6 is 11.8 Å². The normalized spacial score (nSPS) is 11.2. The zero-order valence-corrected chi connectivity index (χ0v) is 14.6. The van der Waals surface area contributed by atoms with Crippen LogP contribution in [0.2, 0.25) is 0 Å². The van der Waals surface area contributed by atoms with E-state index in [0.717, 1.165) is 34.1 Å². The first-order chi connectivity index (χ1) is 11.2. The van der Waals surface area contributed by atoms with Crippen molar-refractivity contribution in [2.24, 2.45) is 0 Å². The molecule has 0 unspecified atom stereocenters. The van der Waals surface area contributed by atoms with E-state index < -0.39 is 0 Å². The number of rotatable bonds is 7. The Morgan fingerprint density at radius 2 is 1.91 bits per heavy atom. The van der Waals surface area contributed by atoms with Crippen LogP contribution in [0.3, 0.4) is 0 Å². The molecule has 0 aliphatic rings. The number of aryl methyl sites for hydroxylation is 3. The summed E-state index contributed by atoms with van der Waals surface area (Å²) in [6.07, 6.45) is 6.52. The van der Waals surface area contributed by atoms with Gasteiger partial charge in [0.1, 0.15) is 5.82 Å². The van der Waals surface area contributed by atoms with Crippen molar-refractivity contribution >= 4 is 22.8 Å². The van der Waals surface area contributed by atoms with Crippen LogP contribution in [-0.4, -0.2) is 20.7 Å². The molecule has 1 N–H and O–H groups in total. The minimum absolute atomic E-state index is 1.03. The van der Waals surface area contributed by atoms with Crippen LogP contribution in [0.1, 0.15) is 36.2 Å². The average molecular weight is 325 g/mol. The molecular weight excluding hydrogens is 302 g/mol. The van der Waals surface area contributed by atoms with Crippen LogP contribution in [0.5, 0.6) is 0 Å². The Bertz CT molecular complexity index is 726. The quantitative estimate of drug-likeness (QED) is 0.486. The van der Waals surface area contributed by atoms with Crippen molar-refractivity contribution in [3.05, 3.63) is 53.5 Å². The molecule has 2 aromatic heterocycles. The van der Waals surface area contributed by atoms with E-state index in [2.05, 4.69) is 42.0 Å². The van der Waals surface area contributed by atoms with E-state index in [4.69, 9.17) is 4.98 Å². The SMILES string of the molecule is Cc1cc2nc(CCCCCSc3ccccn3)[nH]c2cc1C. The van der Waals surface area contributed by atoms with Crippen molar-refractivity contribution in [3.63, 3.8) is 0 Å². The molecule has 120 valence electrons. The zero-order valence-electron chi connectivity index (χ0n) is 13.8. The Morgan fingerprint density at radius 3 is 2.74 bits per heavy atom. The van der Waals surface area contributed by atoms with E-state index >= 15 is 0 Å². The van der Waals surface area contributed by atoms with E-state index in [1.807, 2.05) is 30.1 Å². The van der Waals surface area contributed by atoms with E-state index in [1.54, 1.807) is 0 Å². The third kappa shape index (κ3) is 4.35. The summed E-state index contributed by atoms with van der Waals surface area (Å²) in [4.78, 5) is 12.5. The van der Waals surface area contributed by atoms with Crippen molar-refractivity contribution in [3.8, 4) is 0 Å². The second-order valence-electron chi connectivity index (χ2n) is 5.96. The number of imidazole rings is 1. The Morgan fingerprint density at radius 1 is 1.04 bits per heavy atom. The Labute approximate surface area is 141 Å². The van der Waals surface area contributed by atoms with Gasteiger partial charge in [0, 0.05) is 12.6 Å². The van der Waals surface area contributed by atoms with E-state index in [0.29, 0.717) is 0 Å². The summed E-state index contributed by atoms with van der Waals surface area (Å²) in [5.41, 5.74) is 4.88. The second-order valence-corrected chi connectivity index (χ2v) is 7.08. The van der Waals surface area contributed by atoms with Gasteiger partial charge < -0.3 is 4.98 Å². The first-order valence-corrected chi connectivity index (χ1v) is 9.20. The van der Waals surface area contributed by atoms with Gasteiger partial charge in [-0.2, -0.15) is 0 Å². The molecule has 0 amide bonds. The molecule has 0 aliphatic carbocycles. The minimum atomic E-state index is 1.03. The topological polar surface area (TPSA) is 41.6 Å². The maximum atomic E-state index is 4.71. The molecule has 23 heavy (non-hydrogen) atoms. The summed E-state index contributed by atoms with van der Waals surface area (Å²) in [6.45, 7) is 4.29. The van der Waals surface area contributed by atoms with Crippen molar-refractivity contribution in [2.75, 3.05) is 5.75 Å². The number of fused-ring (bicyclic) bond motifs is 1. The lowest BCUT2D eigenvalue weighted by Crippen LogP contribution is -1.89. The van der Waals surface area contributed by atoms with Crippen LogP contribution in [0.25, 0.3) is 11.0 Å². The average Bonchev–Trinajstić information content (AvgIpc) is 2.94. The summed E-state index contributed by atoms with van der Waals surface area (Å²) in [6, 6.07) is 10.4. The zero-order chi connectivity index (χ0) is 16.1. The van der Waals surface area contributed by atoms with Crippen molar-refractivity contribution in [2.45, 2.75) is 44.6 Å². The molecule has 0 bridgehead atoms. The predicted molar refractivity (Wildman–Crippen MR) is 98.1 cm³/mol. The number of benzene rings is 1. The first kappa shape index (κ1) is 16.1. The number of hydrogen-bond donors (Lipinski definition) is 1. The Kier molecular flexibility index (Phi) is 5.34. The largest absolute Gasteiger partial charge is 0.342 e. The number of aromatic nitrogens is 3. The summed E-state index contributed by atoms with van der Waals surface area (Å²) in [5.74, 6) is 2.25. The molecule has 0 saturated heterocycles. The summed E-state index contributed by atoms with van der Waals surface area (Å²) >= 11 is 1.84. The molecule has 0 saturated carbocycles. The summed E-state index contributed by atoms with van der Waals surface area (Å²) < 4.78 is 0. The molecule has 3 rings (SSSR count). The Hall–Kier alpha value is -1.81. The van der Waals surface area contributed by atoms with E-state index in [1.165, 1.54) is 30.4 Å². The second kappa shape index (κ2) is 7.64. The van der Waals surface area contributed by atoms with Crippen molar-refractivity contribution in [1.82, 2.24) is 15.0 Å². The maximum Gasteiger partial charge on any atom is 0.107 e. The fraction of sp³-hybridized carbons (Fsp3) is 0.368. The van der Waals surface area contributed by atoms with Gasteiger partial charge in [0.15, 0.2) is 0 Å². The summed E-state index contributed by atoms with van der Waals surface area (Å²) in [5, 5.41) is 1.12. The monoisotopic (exact) mass is 325 g/mol. The van der Waals surface area contributed by atoms with E-state index in [9.17, 15) is 0 Å². The number of H-pyrrole nitrogens is 1. The van der Waals surface area contributed by atoms with Crippen LogP contribution in [0, 0.1) is 13.8 Å². The van der Waals surface area contributed by atoms with Gasteiger partial charge in [0.05, 0.1) is 16.1 Å². The highest BCUT2D eigenvalue weighted by molar-refractivity contribution is 7.99. The number of thioether (sulfide) groups is 1. The van der Waals surface area contributed by atoms with Gasteiger partial charge in [0.25, 0.3) is 0 Å². The molecule has 2 heterocycles. The summed E-state index contributed by atoms with van der Waals surface area (Å²) in [7, 11) is 0. The molecule has 0 fully saturated rings. The Balaban J connectivity index is 1.42. The highest BCUT2D eigenvalue weighted by atomic mass is 32.2. The van der Waals surface area contributed by atoms with Crippen molar-refractivity contribution < 1.29 is 0 Å². The van der Waals surface area contributed by atoms with Gasteiger partial charge in [-0.15, -0.1) is 11.8 Å². The fourth-order valence-electron chi connectivity index (χ4n) is 2.62. The number of aromatic amines is 1.